The molecule has 5 nitrogen and oxygen atoms in total. The van der Waals surface area contributed by atoms with Gasteiger partial charge in [-0.2, -0.15) is 5.10 Å². The summed E-state index contributed by atoms with van der Waals surface area (Å²) in [5, 5.41) is 9.60. The normalized spacial score (nSPS) is 10.5. The van der Waals surface area contributed by atoms with Crippen LogP contribution in [-0.2, 0) is 13.5 Å². The van der Waals surface area contributed by atoms with Gasteiger partial charge >= 0.3 is 0 Å². The molecule has 0 radical (unpaired) electrons. The number of nitrogens with zero attached hydrogens (tertiary/aromatic N) is 3. The Labute approximate surface area is 109 Å². The van der Waals surface area contributed by atoms with Gasteiger partial charge in [-0.3, -0.25) is 4.68 Å². The Bertz CT molecular complexity index is 567. The number of anilines is 2. The molecule has 0 fully saturated rings. The maximum atomic E-state index is 13.5. The first-order valence-corrected chi connectivity index (χ1v) is 5.86. The summed E-state index contributed by atoms with van der Waals surface area (Å²) in [6.45, 7) is 0.468. The van der Waals surface area contributed by atoms with Gasteiger partial charge in [-0.1, -0.05) is 0 Å². The highest BCUT2D eigenvalue weighted by molar-refractivity contribution is 5.47. The van der Waals surface area contributed by atoms with Crippen LogP contribution in [0, 0.1) is 11.6 Å². The lowest BCUT2D eigenvalue weighted by atomic mass is 10.3. The summed E-state index contributed by atoms with van der Waals surface area (Å²) in [5.74, 6) is -1.38. The van der Waals surface area contributed by atoms with Crippen LogP contribution in [0.1, 0.15) is 5.69 Å². The highest BCUT2D eigenvalue weighted by atomic mass is 19.1. The third kappa shape index (κ3) is 3.18. The third-order valence-electron chi connectivity index (χ3n) is 2.61. The monoisotopic (exact) mass is 267 g/mol. The van der Waals surface area contributed by atoms with Gasteiger partial charge in [-0.25, -0.2) is 13.8 Å². The second-order valence-electron chi connectivity index (χ2n) is 4.06. The van der Waals surface area contributed by atoms with E-state index in [2.05, 4.69) is 20.7 Å². The molecule has 0 aliphatic heterocycles. The zero-order chi connectivity index (χ0) is 13.8. The Morgan fingerprint density at radius 1 is 1.26 bits per heavy atom. The first kappa shape index (κ1) is 13.3. The number of halogens is 2. The smallest absolute Gasteiger partial charge is 0.168 e. The summed E-state index contributed by atoms with van der Waals surface area (Å²) in [6.07, 6.45) is 2.47. The van der Waals surface area contributed by atoms with E-state index in [1.54, 1.807) is 4.68 Å². The number of hydrogen-bond acceptors (Lipinski definition) is 4. The van der Waals surface area contributed by atoms with Crippen LogP contribution < -0.4 is 10.6 Å². The van der Waals surface area contributed by atoms with E-state index in [1.807, 2.05) is 19.3 Å². The SMILES string of the molecule is CNc1nc(NCCc2ccn(C)n2)c(F)cc1F. The van der Waals surface area contributed by atoms with Gasteiger partial charge in [-0.15, -0.1) is 0 Å². The minimum atomic E-state index is -0.713. The maximum Gasteiger partial charge on any atom is 0.168 e. The Kier molecular flexibility index (Phi) is 3.94. The van der Waals surface area contributed by atoms with Crippen molar-refractivity contribution in [2.45, 2.75) is 6.42 Å². The minimum absolute atomic E-state index is 0.0155. The van der Waals surface area contributed by atoms with Crippen LogP contribution in [0.5, 0.6) is 0 Å². The second-order valence-corrected chi connectivity index (χ2v) is 4.06. The molecule has 0 aliphatic rings. The van der Waals surface area contributed by atoms with E-state index in [4.69, 9.17) is 0 Å². The van der Waals surface area contributed by atoms with Gasteiger partial charge in [0.15, 0.2) is 23.3 Å². The molecule has 0 spiro atoms. The van der Waals surface area contributed by atoms with Crippen LogP contribution in [0.15, 0.2) is 18.3 Å². The highest BCUT2D eigenvalue weighted by Crippen LogP contribution is 2.18. The van der Waals surface area contributed by atoms with Crippen molar-refractivity contribution in [3.63, 3.8) is 0 Å². The average molecular weight is 267 g/mol. The summed E-state index contributed by atoms with van der Waals surface area (Å²) in [4.78, 5) is 3.83. The minimum Gasteiger partial charge on any atom is -0.371 e. The molecule has 102 valence electrons. The Hall–Kier alpha value is -2.18. The molecule has 2 heterocycles. The standard InChI is InChI=1S/C12H15F2N5/c1-15-11-9(13)7-10(14)12(17-11)16-5-3-8-4-6-19(2)18-8/h4,6-7H,3,5H2,1-2H3,(H2,15,16,17). The molecule has 0 saturated carbocycles. The third-order valence-corrected chi connectivity index (χ3v) is 2.61. The van der Waals surface area contributed by atoms with E-state index in [-0.39, 0.29) is 11.6 Å². The first-order valence-electron chi connectivity index (χ1n) is 5.86. The van der Waals surface area contributed by atoms with Crippen molar-refractivity contribution in [3.8, 4) is 0 Å². The molecule has 7 heteroatoms. The summed E-state index contributed by atoms with van der Waals surface area (Å²) in [6, 6.07) is 2.69. The van der Waals surface area contributed by atoms with Crippen LogP contribution in [0.2, 0.25) is 0 Å². The fraction of sp³-hybridized carbons (Fsp3) is 0.333. The predicted molar refractivity (Wildman–Crippen MR) is 69.1 cm³/mol. The molecule has 0 unspecified atom stereocenters. The van der Waals surface area contributed by atoms with E-state index in [1.165, 1.54) is 7.05 Å². The fourth-order valence-electron chi connectivity index (χ4n) is 1.67. The van der Waals surface area contributed by atoms with Crippen molar-refractivity contribution in [3.05, 3.63) is 35.7 Å². The molecule has 2 N–H and O–H groups in total. The lowest BCUT2D eigenvalue weighted by Crippen LogP contribution is -2.10. The maximum absolute atomic E-state index is 13.5. The fourth-order valence-corrected chi connectivity index (χ4v) is 1.67. The number of aryl methyl sites for hydroxylation is 1. The van der Waals surface area contributed by atoms with Crippen LogP contribution in [0.4, 0.5) is 20.4 Å². The summed E-state index contributed by atoms with van der Waals surface area (Å²) < 4.78 is 28.4. The lowest BCUT2D eigenvalue weighted by Gasteiger charge is -2.08. The van der Waals surface area contributed by atoms with Gasteiger partial charge in [0.25, 0.3) is 0 Å². The molecule has 2 rings (SSSR count). The molecule has 2 aromatic heterocycles. The molecule has 0 aliphatic carbocycles. The van der Waals surface area contributed by atoms with Crippen LogP contribution >= 0.6 is 0 Å². The number of rotatable bonds is 5. The lowest BCUT2D eigenvalue weighted by molar-refractivity contribution is 0.578. The zero-order valence-electron chi connectivity index (χ0n) is 10.7. The summed E-state index contributed by atoms with van der Waals surface area (Å²) in [7, 11) is 3.36. The topological polar surface area (TPSA) is 54.8 Å². The van der Waals surface area contributed by atoms with Crippen molar-refractivity contribution < 1.29 is 8.78 Å². The van der Waals surface area contributed by atoms with Crippen molar-refractivity contribution in [2.75, 3.05) is 24.2 Å². The number of hydrogen-bond donors (Lipinski definition) is 2. The Morgan fingerprint density at radius 3 is 2.63 bits per heavy atom. The molecule has 19 heavy (non-hydrogen) atoms. The van der Waals surface area contributed by atoms with Crippen molar-refractivity contribution >= 4 is 11.6 Å². The van der Waals surface area contributed by atoms with Gasteiger partial charge < -0.3 is 10.6 Å². The highest BCUT2D eigenvalue weighted by Gasteiger charge is 2.10. The van der Waals surface area contributed by atoms with Gasteiger partial charge in [0.05, 0.1) is 5.69 Å². The van der Waals surface area contributed by atoms with Crippen LogP contribution in [-0.4, -0.2) is 28.4 Å². The molecular formula is C12H15F2N5. The summed E-state index contributed by atoms with van der Waals surface area (Å²) in [5.41, 5.74) is 0.895. The summed E-state index contributed by atoms with van der Waals surface area (Å²) >= 11 is 0. The van der Waals surface area contributed by atoms with Crippen molar-refractivity contribution in [1.29, 1.82) is 0 Å². The molecule has 0 aromatic carbocycles. The zero-order valence-corrected chi connectivity index (χ0v) is 10.7. The molecular weight excluding hydrogens is 252 g/mol. The van der Waals surface area contributed by atoms with Crippen molar-refractivity contribution in [2.24, 2.45) is 7.05 Å². The average Bonchev–Trinajstić information content (AvgIpc) is 2.78. The van der Waals surface area contributed by atoms with E-state index in [0.717, 1.165) is 11.8 Å². The van der Waals surface area contributed by atoms with E-state index in [0.29, 0.717) is 13.0 Å². The number of aromatic nitrogens is 3. The van der Waals surface area contributed by atoms with Gasteiger partial charge in [0.1, 0.15) is 0 Å². The van der Waals surface area contributed by atoms with Gasteiger partial charge in [0, 0.05) is 39.3 Å². The number of pyridine rings is 1. The largest absolute Gasteiger partial charge is 0.371 e. The van der Waals surface area contributed by atoms with Crippen molar-refractivity contribution in [1.82, 2.24) is 14.8 Å². The van der Waals surface area contributed by atoms with Gasteiger partial charge in [0.2, 0.25) is 0 Å². The molecule has 0 amide bonds. The van der Waals surface area contributed by atoms with E-state index >= 15 is 0 Å². The Balaban J connectivity index is 1.99. The second kappa shape index (κ2) is 5.64. The predicted octanol–water partition coefficient (Wildman–Crippen LogP) is 1.79. The van der Waals surface area contributed by atoms with Crippen LogP contribution in [0.3, 0.4) is 0 Å². The van der Waals surface area contributed by atoms with Gasteiger partial charge in [-0.05, 0) is 6.07 Å². The first-order chi connectivity index (χ1) is 9.10. The van der Waals surface area contributed by atoms with Crippen LogP contribution in [0.25, 0.3) is 0 Å². The quantitative estimate of drug-likeness (QED) is 0.867. The van der Waals surface area contributed by atoms with E-state index in [9.17, 15) is 8.78 Å². The number of nitrogens with one attached hydrogen (secondary N) is 2. The van der Waals surface area contributed by atoms with E-state index < -0.39 is 11.6 Å². The molecule has 0 atom stereocenters. The molecule has 2 aromatic rings. The Morgan fingerprint density at radius 2 is 2.00 bits per heavy atom. The molecule has 0 saturated heterocycles. The molecule has 0 bridgehead atoms.